The fraction of sp³-hybridized carbons (Fsp3) is 0.455. The number of pyridine rings is 1. The normalized spacial score (nSPS) is 12.0. The lowest BCUT2D eigenvalue weighted by molar-refractivity contribution is -0.118. The van der Waals surface area contributed by atoms with Crippen LogP contribution in [0.5, 0.6) is 0 Å². The zero-order chi connectivity index (χ0) is 14.6. The van der Waals surface area contributed by atoms with Crippen molar-refractivity contribution in [2.24, 2.45) is 11.7 Å². The van der Waals surface area contributed by atoms with E-state index in [0.717, 1.165) is 4.31 Å². The van der Waals surface area contributed by atoms with E-state index in [1.165, 1.54) is 18.3 Å². The molecular formula is C11H18N4O3S. The van der Waals surface area contributed by atoms with Gasteiger partial charge in [0, 0.05) is 12.7 Å². The van der Waals surface area contributed by atoms with Gasteiger partial charge in [0.05, 0.1) is 6.54 Å². The molecule has 7 nitrogen and oxygen atoms in total. The molecule has 0 saturated heterocycles. The first-order valence-corrected chi connectivity index (χ1v) is 7.17. The van der Waals surface area contributed by atoms with Gasteiger partial charge in [0.15, 0.2) is 0 Å². The molecule has 0 aliphatic carbocycles. The Kier molecular flexibility index (Phi) is 4.84. The van der Waals surface area contributed by atoms with Crippen LogP contribution >= 0.6 is 0 Å². The van der Waals surface area contributed by atoms with Crippen LogP contribution in [0.25, 0.3) is 0 Å². The van der Waals surface area contributed by atoms with E-state index in [2.05, 4.69) is 4.98 Å². The number of hydrogen-bond donors (Lipinski definition) is 2. The maximum atomic E-state index is 12.4. The van der Waals surface area contributed by atoms with Crippen molar-refractivity contribution in [3.05, 3.63) is 18.3 Å². The Balaban J connectivity index is 3.11. The zero-order valence-electron chi connectivity index (χ0n) is 10.9. The summed E-state index contributed by atoms with van der Waals surface area (Å²) in [4.78, 5) is 14.7. The predicted molar refractivity (Wildman–Crippen MR) is 71.4 cm³/mol. The summed E-state index contributed by atoms with van der Waals surface area (Å²) in [5, 5.41) is 0. The van der Waals surface area contributed by atoms with Crippen LogP contribution in [0, 0.1) is 5.92 Å². The lowest BCUT2D eigenvalue weighted by atomic mass is 10.2. The van der Waals surface area contributed by atoms with Gasteiger partial charge in [-0.15, -0.1) is 0 Å². The molecule has 0 aliphatic rings. The molecule has 1 aromatic heterocycles. The highest BCUT2D eigenvalue weighted by Gasteiger charge is 2.26. The number of carbonyl (C=O) groups excluding carboxylic acids is 1. The molecule has 0 unspecified atom stereocenters. The van der Waals surface area contributed by atoms with Gasteiger partial charge in [0.1, 0.15) is 10.7 Å². The predicted octanol–water partition coefficient (Wildman–Crippen LogP) is -0.204. The number of nitrogens with zero attached hydrogens (tertiary/aromatic N) is 2. The maximum absolute atomic E-state index is 12.4. The summed E-state index contributed by atoms with van der Waals surface area (Å²) >= 11 is 0. The van der Waals surface area contributed by atoms with E-state index < -0.39 is 15.9 Å². The molecule has 1 rings (SSSR count). The second-order valence-electron chi connectivity index (χ2n) is 4.58. The van der Waals surface area contributed by atoms with E-state index in [0.29, 0.717) is 0 Å². The van der Waals surface area contributed by atoms with Crippen LogP contribution in [0.4, 0.5) is 5.82 Å². The first-order valence-electron chi connectivity index (χ1n) is 5.73. The molecule has 4 N–H and O–H groups in total. The highest BCUT2D eigenvalue weighted by molar-refractivity contribution is 7.89. The number of sulfonamides is 1. The molecule has 8 heteroatoms. The minimum atomic E-state index is -3.79. The molecule has 0 fully saturated rings. The van der Waals surface area contributed by atoms with E-state index in [-0.39, 0.29) is 29.7 Å². The second kappa shape index (κ2) is 5.98. The van der Waals surface area contributed by atoms with Crippen LogP contribution in [-0.4, -0.2) is 36.7 Å². The SMILES string of the molecule is CC(C)CN(CC(N)=O)S(=O)(=O)c1ccc(N)nc1. The number of amides is 1. The Morgan fingerprint density at radius 1 is 1.42 bits per heavy atom. The summed E-state index contributed by atoms with van der Waals surface area (Å²) in [5.41, 5.74) is 10.5. The van der Waals surface area contributed by atoms with Crippen LogP contribution in [0.3, 0.4) is 0 Å². The number of carbonyl (C=O) groups is 1. The Morgan fingerprint density at radius 2 is 2.05 bits per heavy atom. The molecule has 0 aromatic carbocycles. The van der Waals surface area contributed by atoms with Crippen molar-refractivity contribution in [1.29, 1.82) is 0 Å². The highest BCUT2D eigenvalue weighted by Crippen LogP contribution is 2.16. The van der Waals surface area contributed by atoms with Crippen LogP contribution < -0.4 is 11.5 Å². The molecule has 19 heavy (non-hydrogen) atoms. The quantitative estimate of drug-likeness (QED) is 0.750. The molecular weight excluding hydrogens is 268 g/mol. The van der Waals surface area contributed by atoms with Crippen molar-refractivity contribution in [2.75, 3.05) is 18.8 Å². The largest absolute Gasteiger partial charge is 0.384 e. The third-order valence-electron chi connectivity index (χ3n) is 2.30. The van der Waals surface area contributed by atoms with E-state index >= 15 is 0 Å². The van der Waals surface area contributed by atoms with Crippen molar-refractivity contribution in [2.45, 2.75) is 18.7 Å². The Morgan fingerprint density at radius 3 is 2.47 bits per heavy atom. The van der Waals surface area contributed by atoms with E-state index in [9.17, 15) is 13.2 Å². The molecule has 0 bridgehead atoms. The van der Waals surface area contributed by atoms with Crippen molar-refractivity contribution in [1.82, 2.24) is 9.29 Å². The Labute approximate surface area is 112 Å². The standard InChI is InChI=1S/C11H18N4O3S/c1-8(2)6-15(7-11(13)16)19(17,18)9-3-4-10(12)14-5-9/h3-5,8H,6-7H2,1-2H3,(H2,12,14)(H2,13,16). The molecule has 0 radical (unpaired) electrons. The molecule has 0 saturated carbocycles. The third kappa shape index (κ3) is 4.18. The van der Waals surface area contributed by atoms with Crippen molar-refractivity contribution < 1.29 is 13.2 Å². The van der Waals surface area contributed by atoms with Crippen LogP contribution in [-0.2, 0) is 14.8 Å². The number of anilines is 1. The number of primary amides is 1. The smallest absolute Gasteiger partial charge is 0.245 e. The monoisotopic (exact) mass is 286 g/mol. The Hall–Kier alpha value is -1.67. The average molecular weight is 286 g/mol. The zero-order valence-corrected chi connectivity index (χ0v) is 11.7. The maximum Gasteiger partial charge on any atom is 0.245 e. The van der Waals surface area contributed by atoms with Gasteiger partial charge in [-0.2, -0.15) is 4.31 Å². The second-order valence-corrected chi connectivity index (χ2v) is 6.51. The molecule has 106 valence electrons. The summed E-state index contributed by atoms with van der Waals surface area (Å²) in [7, 11) is -3.79. The van der Waals surface area contributed by atoms with Gasteiger partial charge < -0.3 is 11.5 Å². The van der Waals surface area contributed by atoms with Crippen molar-refractivity contribution >= 4 is 21.7 Å². The average Bonchev–Trinajstić information content (AvgIpc) is 2.27. The topological polar surface area (TPSA) is 119 Å². The minimum Gasteiger partial charge on any atom is -0.384 e. The van der Waals surface area contributed by atoms with Gasteiger partial charge in [-0.25, -0.2) is 13.4 Å². The number of hydrogen-bond acceptors (Lipinski definition) is 5. The summed E-state index contributed by atoms with van der Waals surface area (Å²) < 4.78 is 25.8. The fourth-order valence-corrected chi connectivity index (χ4v) is 3.04. The van der Waals surface area contributed by atoms with Crippen LogP contribution in [0.15, 0.2) is 23.2 Å². The van der Waals surface area contributed by atoms with Gasteiger partial charge in [-0.05, 0) is 18.1 Å². The number of nitrogens with two attached hydrogens (primary N) is 2. The summed E-state index contributed by atoms with van der Waals surface area (Å²) in [6, 6.07) is 2.75. The van der Waals surface area contributed by atoms with E-state index in [4.69, 9.17) is 11.5 Å². The number of aromatic nitrogens is 1. The van der Waals surface area contributed by atoms with Crippen molar-refractivity contribution in [3.63, 3.8) is 0 Å². The van der Waals surface area contributed by atoms with E-state index in [1.807, 2.05) is 13.8 Å². The minimum absolute atomic E-state index is 0.0106. The molecule has 1 heterocycles. The van der Waals surface area contributed by atoms with Gasteiger partial charge >= 0.3 is 0 Å². The molecule has 0 aliphatic heterocycles. The lowest BCUT2D eigenvalue weighted by Crippen LogP contribution is -2.40. The molecule has 1 amide bonds. The number of nitrogen functional groups attached to an aromatic ring is 1. The molecule has 1 aromatic rings. The van der Waals surface area contributed by atoms with Gasteiger partial charge in [0.2, 0.25) is 15.9 Å². The van der Waals surface area contributed by atoms with Gasteiger partial charge in [-0.3, -0.25) is 4.79 Å². The summed E-state index contributed by atoms with van der Waals surface area (Å²) in [6.45, 7) is 3.55. The van der Waals surface area contributed by atoms with Crippen LogP contribution in [0.2, 0.25) is 0 Å². The number of rotatable bonds is 6. The van der Waals surface area contributed by atoms with E-state index in [1.54, 1.807) is 0 Å². The van der Waals surface area contributed by atoms with Crippen LogP contribution in [0.1, 0.15) is 13.8 Å². The summed E-state index contributed by atoms with van der Waals surface area (Å²) in [5.74, 6) is -0.409. The fourth-order valence-electron chi connectivity index (χ4n) is 1.52. The lowest BCUT2D eigenvalue weighted by Gasteiger charge is -2.22. The van der Waals surface area contributed by atoms with Gasteiger partial charge in [0.25, 0.3) is 0 Å². The first kappa shape index (κ1) is 15.4. The first-order chi connectivity index (χ1) is 8.73. The molecule has 0 atom stereocenters. The van der Waals surface area contributed by atoms with Gasteiger partial charge in [-0.1, -0.05) is 13.8 Å². The highest BCUT2D eigenvalue weighted by atomic mass is 32.2. The summed E-state index contributed by atoms with van der Waals surface area (Å²) in [6.07, 6.45) is 1.17. The van der Waals surface area contributed by atoms with Crippen molar-refractivity contribution in [3.8, 4) is 0 Å². The Bertz CT molecular complexity index is 540. The third-order valence-corrected chi connectivity index (χ3v) is 4.09. The molecule has 0 spiro atoms.